The van der Waals surface area contributed by atoms with Crippen LogP contribution < -0.4 is 16.4 Å². The van der Waals surface area contributed by atoms with Crippen LogP contribution in [0.5, 0.6) is 0 Å². The molecule has 82 valence electrons. The van der Waals surface area contributed by atoms with Gasteiger partial charge >= 0.3 is 0 Å². The Morgan fingerprint density at radius 1 is 1.50 bits per heavy atom. The Labute approximate surface area is 83.2 Å². The summed E-state index contributed by atoms with van der Waals surface area (Å²) in [6.45, 7) is 1.60. The number of nitrogens with two attached hydrogens (primary N) is 1. The summed E-state index contributed by atoms with van der Waals surface area (Å²) in [5, 5.41) is 5.18. The van der Waals surface area contributed by atoms with E-state index in [1.54, 1.807) is 14.0 Å². The molecule has 0 rings (SSSR count). The topological polar surface area (TPSA) is 93.5 Å². The van der Waals surface area contributed by atoms with Crippen molar-refractivity contribution in [3.05, 3.63) is 0 Å². The van der Waals surface area contributed by atoms with Gasteiger partial charge in [0.05, 0.1) is 12.6 Å². The smallest absolute Gasteiger partial charge is 0.240 e. The molecule has 2 atom stereocenters. The summed E-state index contributed by atoms with van der Waals surface area (Å²) in [4.78, 5) is 21.8. The van der Waals surface area contributed by atoms with Crippen molar-refractivity contribution in [2.45, 2.75) is 19.1 Å². The Hall–Kier alpha value is -1.14. The van der Waals surface area contributed by atoms with E-state index in [0.717, 1.165) is 0 Å². The van der Waals surface area contributed by atoms with Gasteiger partial charge in [-0.2, -0.15) is 0 Å². The summed E-state index contributed by atoms with van der Waals surface area (Å²) in [6.07, 6.45) is -0.270. The molecule has 0 aromatic rings. The summed E-state index contributed by atoms with van der Waals surface area (Å²) in [5.41, 5.74) is 4.89. The fourth-order valence-corrected chi connectivity index (χ4v) is 0.999. The van der Waals surface area contributed by atoms with Gasteiger partial charge in [0.1, 0.15) is 6.04 Å². The highest BCUT2D eigenvalue weighted by atomic mass is 16.5. The number of rotatable bonds is 6. The van der Waals surface area contributed by atoms with Crippen LogP contribution in [0.3, 0.4) is 0 Å². The van der Waals surface area contributed by atoms with E-state index in [2.05, 4.69) is 10.6 Å². The SMILES string of the molecule is CNC(C(=O)NCC(N)=O)C(C)OC. The van der Waals surface area contributed by atoms with Gasteiger partial charge in [0.15, 0.2) is 0 Å². The van der Waals surface area contributed by atoms with Gasteiger partial charge in [-0.1, -0.05) is 0 Å². The molecule has 0 aromatic heterocycles. The molecule has 0 aliphatic carbocycles. The maximum absolute atomic E-state index is 11.4. The molecule has 6 nitrogen and oxygen atoms in total. The molecular weight excluding hydrogens is 186 g/mol. The van der Waals surface area contributed by atoms with Crippen LogP contribution in [0.4, 0.5) is 0 Å². The zero-order chi connectivity index (χ0) is 11.1. The van der Waals surface area contributed by atoms with Crippen LogP contribution >= 0.6 is 0 Å². The van der Waals surface area contributed by atoms with Crippen LogP contribution in [0.15, 0.2) is 0 Å². The second-order valence-electron chi connectivity index (χ2n) is 2.89. The second-order valence-corrected chi connectivity index (χ2v) is 2.89. The first kappa shape index (κ1) is 12.9. The molecule has 0 fully saturated rings. The first-order valence-electron chi connectivity index (χ1n) is 4.29. The maximum Gasteiger partial charge on any atom is 0.240 e. The molecule has 0 heterocycles. The number of carbonyl (C=O) groups excluding carboxylic acids is 2. The van der Waals surface area contributed by atoms with Crippen LogP contribution in [-0.2, 0) is 14.3 Å². The molecule has 6 heteroatoms. The van der Waals surface area contributed by atoms with Crippen LogP contribution in [-0.4, -0.2) is 44.7 Å². The zero-order valence-corrected chi connectivity index (χ0v) is 8.66. The van der Waals surface area contributed by atoms with E-state index in [1.807, 2.05) is 0 Å². The standard InChI is InChI=1S/C8H17N3O3/c1-5(14-3)7(10-2)8(13)11-4-6(9)12/h5,7,10H,4H2,1-3H3,(H2,9,12)(H,11,13). The molecule has 4 N–H and O–H groups in total. The molecule has 0 aliphatic rings. The highest BCUT2D eigenvalue weighted by Gasteiger charge is 2.22. The van der Waals surface area contributed by atoms with E-state index in [9.17, 15) is 9.59 Å². The van der Waals surface area contributed by atoms with Gasteiger partial charge < -0.3 is 21.1 Å². The Balaban J connectivity index is 4.10. The molecule has 0 saturated carbocycles. The second kappa shape index (κ2) is 6.33. The van der Waals surface area contributed by atoms with Gasteiger partial charge in [-0.3, -0.25) is 9.59 Å². The molecule has 0 aliphatic heterocycles. The lowest BCUT2D eigenvalue weighted by atomic mass is 10.1. The largest absolute Gasteiger partial charge is 0.380 e. The van der Waals surface area contributed by atoms with E-state index in [1.165, 1.54) is 7.11 Å². The lowest BCUT2D eigenvalue weighted by Gasteiger charge is -2.20. The zero-order valence-electron chi connectivity index (χ0n) is 8.66. The highest BCUT2D eigenvalue weighted by molar-refractivity contribution is 5.87. The third-order valence-electron chi connectivity index (χ3n) is 1.87. The maximum atomic E-state index is 11.4. The molecule has 2 unspecified atom stereocenters. The van der Waals surface area contributed by atoms with Crippen molar-refractivity contribution in [1.82, 2.24) is 10.6 Å². The van der Waals surface area contributed by atoms with Crippen molar-refractivity contribution in [3.63, 3.8) is 0 Å². The molecule has 0 saturated heterocycles. The quantitative estimate of drug-likeness (QED) is 0.475. The van der Waals surface area contributed by atoms with E-state index >= 15 is 0 Å². The molecule has 2 amide bonds. The predicted octanol–water partition coefficient (Wildman–Crippen LogP) is -1.79. The Bertz CT molecular complexity index is 208. The average molecular weight is 203 g/mol. The normalized spacial score (nSPS) is 14.5. The van der Waals surface area contributed by atoms with Crippen LogP contribution in [0.25, 0.3) is 0 Å². The monoisotopic (exact) mass is 203 g/mol. The third-order valence-corrected chi connectivity index (χ3v) is 1.87. The molecule has 0 radical (unpaired) electrons. The van der Waals surface area contributed by atoms with Crippen molar-refractivity contribution in [3.8, 4) is 0 Å². The number of primary amides is 1. The molecule has 14 heavy (non-hydrogen) atoms. The minimum atomic E-state index is -0.571. The van der Waals surface area contributed by atoms with Crippen molar-refractivity contribution in [1.29, 1.82) is 0 Å². The Morgan fingerprint density at radius 2 is 2.07 bits per heavy atom. The number of ether oxygens (including phenoxy) is 1. The highest BCUT2D eigenvalue weighted by Crippen LogP contribution is 1.96. The Morgan fingerprint density at radius 3 is 2.43 bits per heavy atom. The van der Waals surface area contributed by atoms with E-state index in [4.69, 9.17) is 10.5 Å². The molecule has 0 bridgehead atoms. The molecule has 0 spiro atoms. The van der Waals surface area contributed by atoms with Gasteiger partial charge in [-0.25, -0.2) is 0 Å². The van der Waals surface area contributed by atoms with Gasteiger partial charge in [0.25, 0.3) is 0 Å². The van der Waals surface area contributed by atoms with E-state index in [0.29, 0.717) is 0 Å². The van der Waals surface area contributed by atoms with Gasteiger partial charge in [0, 0.05) is 7.11 Å². The lowest BCUT2D eigenvalue weighted by Crippen LogP contribution is -2.51. The van der Waals surface area contributed by atoms with Crippen molar-refractivity contribution in [2.75, 3.05) is 20.7 Å². The first-order valence-corrected chi connectivity index (χ1v) is 4.29. The first-order chi connectivity index (χ1) is 6.52. The molecule has 0 aromatic carbocycles. The number of likely N-dealkylation sites (N-methyl/N-ethyl adjacent to an activating group) is 1. The average Bonchev–Trinajstić information content (AvgIpc) is 2.15. The number of carbonyl (C=O) groups is 2. The predicted molar refractivity (Wildman–Crippen MR) is 51.5 cm³/mol. The van der Waals surface area contributed by atoms with E-state index < -0.39 is 11.9 Å². The van der Waals surface area contributed by atoms with Crippen molar-refractivity contribution in [2.24, 2.45) is 5.73 Å². The van der Waals surface area contributed by atoms with Crippen molar-refractivity contribution < 1.29 is 14.3 Å². The van der Waals surface area contributed by atoms with E-state index in [-0.39, 0.29) is 18.6 Å². The third kappa shape index (κ3) is 4.20. The summed E-state index contributed by atoms with van der Waals surface area (Å²) in [7, 11) is 3.15. The Kier molecular flexibility index (Phi) is 5.82. The fraction of sp³-hybridized carbons (Fsp3) is 0.750. The summed E-state index contributed by atoms with van der Waals surface area (Å²) in [5.74, 6) is -0.876. The van der Waals surface area contributed by atoms with Gasteiger partial charge in [-0.15, -0.1) is 0 Å². The fourth-order valence-electron chi connectivity index (χ4n) is 0.999. The number of hydrogen-bond donors (Lipinski definition) is 3. The minimum Gasteiger partial charge on any atom is -0.380 e. The summed E-state index contributed by atoms with van der Waals surface area (Å²) < 4.78 is 4.99. The summed E-state index contributed by atoms with van der Waals surface area (Å²) in [6, 6.07) is -0.487. The van der Waals surface area contributed by atoms with Gasteiger partial charge in [0.2, 0.25) is 11.8 Å². The number of methoxy groups -OCH3 is 1. The van der Waals surface area contributed by atoms with Crippen molar-refractivity contribution >= 4 is 11.8 Å². The van der Waals surface area contributed by atoms with Crippen LogP contribution in [0, 0.1) is 0 Å². The summed E-state index contributed by atoms with van der Waals surface area (Å²) >= 11 is 0. The van der Waals surface area contributed by atoms with Gasteiger partial charge in [-0.05, 0) is 14.0 Å². The van der Waals surface area contributed by atoms with Crippen LogP contribution in [0.2, 0.25) is 0 Å². The number of amides is 2. The molecular formula is C8H17N3O3. The van der Waals surface area contributed by atoms with Crippen LogP contribution in [0.1, 0.15) is 6.92 Å². The number of hydrogen-bond acceptors (Lipinski definition) is 4. The minimum absolute atomic E-state index is 0.159. The lowest BCUT2D eigenvalue weighted by molar-refractivity contribution is -0.128. The number of nitrogens with one attached hydrogen (secondary N) is 2.